The molecule has 3 amide bonds. The van der Waals surface area contributed by atoms with E-state index in [4.69, 9.17) is 18.9 Å². The summed E-state index contributed by atoms with van der Waals surface area (Å²) in [6.45, 7) is 0.704. The van der Waals surface area contributed by atoms with Gasteiger partial charge in [-0.3, -0.25) is 14.4 Å². The Kier molecular flexibility index (Phi) is 10.6. The summed E-state index contributed by atoms with van der Waals surface area (Å²) in [5.41, 5.74) is 1.21. The van der Waals surface area contributed by atoms with Crippen molar-refractivity contribution in [2.45, 2.75) is 31.5 Å². The van der Waals surface area contributed by atoms with Crippen LogP contribution in [0, 0.1) is 0 Å². The van der Waals surface area contributed by atoms with Gasteiger partial charge in [0.1, 0.15) is 11.8 Å². The molecule has 41 heavy (non-hydrogen) atoms. The summed E-state index contributed by atoms with van der Waals surface area (Å²) in [4.78, 5) is 42.4. The van der Waals surface area contributed by atoms with Gasteiger partial charge in [-0.15, -0.1) is 11.3 Å². The van der Waals surface area contributed by atoms with Crippen LogP contribution in [0.25, 0.3) is 0 Å². The zero-order chi connectivity index (χ0) is 29.2. The van der Waals surface area contributed by atoms with Crippen molar-refractivity contribution in [1.82, 2.24) is 15.5 Å². The van der Waals surface area contributed by atoms with Crippen molar-refractivity contribution in [2.24, 2.45) is 0 Å². The normalized spacial score (nSPS) is 15.0. The number of nitrogens with one attached hydrogen (secondary N) is 2. The number of thiophene rings is 1. The number of rotatable bonds is 13. The highest BCUT2D eigenvalue weighted by Crippen LogP contribution is 2.34. The molecule has 0 bridgehead atoms. The molecule has 1 fully saturated rings. The van der Waals surface area contributed by atoms with Gasteiger partial charge in [-0.05, 0) is 48.1 Å². The molecule has 0 radical (unpaired) electrons. The Morgan fingerprint density at radius 2 is 1.76 bits per heavy atom. The first-order valence-corrected chi connectivity index (χ1v) is 14.2. The quantitative estimate of drug-likeness (QED) is 0.317. The zero-order valence-corrected chi connectivity index (χ0v) is 24.2. The third kappa shape index (κ3) is 7.56. The molecule has 1 saturated heterocycles. The molecule has 218 valence electrons. The van der Waals surface area contributed by atoms with Gasteiger partial charge in [-0.25, -0.2) is 0 Å². The number of benzene rings is 2. The van der Waals surface area contributed by atoms with Crippen LogP contribution in [-0.2, 0) is 20.9 Å². The summed E-state index contributed by atoms with van der Waals surface area (Å²) in [6.07, 6.45) is 1.69. The monoisotopic (exact) mass is 581 g/mol. The van der Waals surface area contributed by atoms with E-state index in [1.54, 1.807) is 48.9 Å². The fraction of sp³-hybridized carbons (Fsp3) is 0.367. The Hall–Kier alpha value is -4.09. The van der Waals surface area contributed by atoms with Gasteiger partial charge in [0, 0.05) is 18.7 Å². The van der Waals surface area contributed by atoms with Crippen LogP contribution in [-0.4, -0.2) is 69.8 Å². The molecule has 0 aliphatic carbocycles. The predicted octanol–water partition coefficient (Wildman–Crippen LogP) is 3.57. The van der Waals surface area contributed by atoms with Gasteiger partial charge in [0.25, 0.3) is 5.91 Å². The summed E-state index contributed by atoms with van der Waals surface area (Å²) in [5.74, 6) is 0.265. The summed E-state index contributed by atoms with van der Waals surface area (Å²) in [7, 11) is 4.58. The number of carbonyl (C=O) groups is 3. The number of ether oxygens (including phenoxy) is 4. The number of amides is 3. The van der Waals surface area contributed by atoms with Crippen molar-refractivity contribution in [3.05, 3.63) is 76.0 Å². The van der Waals surface area contributed by atoms with E-state index in [1.165, 1.54) is 30.5 Å². The van der Waals surface area contributed by atoms with E-state index in [0.29, 0.717) is 46.4 Å². The van der Waals surface area contributed by atoms with Crippen molar-refractivity contribution >= 4 is 29.1 Å². The first-order chi connectivity index (χ1) is 19.9. The summed E-state index contributed by atoms with van der Waals surface area (Å²) < 4.78 is 22.1. The first kappa shape index (κ1) is 29.9. The molecular weight excluding hydrogens is 546 g/mol. The van der Waals surface area contributed by atoms with Crippen LogP contribution in [0.15, 0.2) is 60.0 Å². The summed E-state index contributed by atoms with van der Waals surface area (Å²) in [6, 6.07) is 14.8. The Morgan fingerprint density at radius 3 is 2.44 bits per heavy atom. The molecule has 2 aromatic carbocycles. The molecule has 2 atom stereocenters. The molecule has 0 saturated carbocycles. The molecule has 1 aliphatic rings. The van der Waals surface area contributed by atoms with E-state index in [0.717, 1.165) is 12.8 Å². The largest absolute Gasteiger partial charge is 0.496 e. The second-order valence-corrected chi connectivity index (χ2v) is 10.3. The third-order valence-corrected chi connectivity index (χ3v) is 7.68. The minimum atomic E-state index is -1.06. The minimum absolute atomic E-state index is 0.0457. The number of methoxy groups -OCH3 is 3. The maximum Gasteiger partial charge on any atom is 0.261 e. The average molecular weight is 582 g/mol. The second kappa shape index (κ2) is 14.5. The lowest BCUT2D eigenvalue weighted by Gasteiger charge is -2.32. The highest BCUT2D eigenvalue weighted by atomic mass is 32.1. The van der Waals surface area contributed by atoms with Crippen LogP contribution in [0.2, 0.25) is 0 Å². The number of hydrogen-bond donors (Lipinski definition) is 2. The fourth-order valence-corrected chi connectivity index (χ4v) is 5.35. The molecule has 2 N–H and O–H groups in total. The highest BCUT2D eigenvalue weighted by Gasteiger charge is 2.33. The molecule has 11 heteroatoms. The van der Waals surface area contributed by atoms with Gasteiger partial charge in [0.2, 0.25) is 11.8 Å². The summed E-state index contributed by atoms with van der Waals surface area (Å²) >= 11 is 1.28. The van der Waals surface area contributed by atoms with E-state index in [-0.39, 0.29) is 31.0 Å². The Morgan fingerprint density at radius 1 is 0.976 bits per heavy atom. The van der Waals surface area contributed by atoms with Crippen molar-refractivity contribution in [3.63, 3.8) is 0 Å². The number of para-hydroxylation sites is 1. The molecule has 1 aromatic heterocycles. The molecule has 0 unspecified atom stereocenters. The van der Waals surface area contributed by atoms with Gasteiger partial charge >= 0.3 is 0 Å². The van der Waals surface area contributed by atoms with Crippen LogP contribution < -0.4 is 24.8 Å². The maximum absolute atomic E-state index is 13.9. The van der Waals surface area contributed by atoms with Crippen molar-refractivity contribution in [1.29, 1.82) is 0 Å². The summed E-state index contributed by atoms with van der Waals surface area (Å²) in [5, 5.41) is 7.46. The number of nitrogens with zero attached hydrogens (tertiary/aromatic N) is 1. The lowest BCUT2D eigenvalue weighted by molar-refractivity contribution is -0.141. The zero-order valence-electron chi connectivity index (χ0n) is 23.4. The Balaban J connectivity index is 1.70. The molecule has 2 heterocycles. The first-order valence-electron chi connectivity index (χ1n) is 13.3. The molecule has 10 nitrogen and oxygen atoms in total. The Bertz CT molecular complexity index is 1330. The molecule has 1 aliphatic heterocycles. The van der Waals surface area contributed by atoms with E-state index in [1.807, 2.05) is 18.2 Å². The van der Waals surface area contributed by atoms with Crippen LogP contribution >= 0.6 is 11.3 Å². The predicted molar refractivity (Wildman–Crippen MR) is 154 cm³/mol. The standard InChI is InChI=1S/C30H35N3O7S/c1-37-23-10-5-4-8-21(23)19-33(27(34)18-32-29(35)26-11-7-15-41-26)28(30(36)31-17-22-9-6-14-40-22)20-12-13-24(38-2)25(16-20)39-3/h4-5,7-8,10-13,15-16,22,28H,6,9,14,17-19H2,1-3H3,(H,31,36)(H,32,35)/t22-,28-/m0/s1. The lowest BCUT2D eigenvalue weighted by Crippen LogP contribution is -2.48. The molecule has 3 aromatic rings. The van der Waals surface area contributed by atoms with Crippen LogP contribution in [0.4, 0.5) is 0 Å². The van der Waals surface area contributed by atoms with Crippen LogP contribution in [0.1, 0.15) is 39.7 Å². The minimum Gasteiger partial charge on any atom is -0.496 e. The van der Waals surface area contributed by atoms with E-state index < -0.39 is 11.9 Å². The van der Waals surface area contributed by atoms with Gasteiger partial charge in [0.05, 0.1) is 45.4 Å². The van der Waals surface area contributed by atoms with Crippen LogP contribution in [0.3, 0.4) is 0 Å². The topological polar surface area (TPSA) is 115 Å². The van der Waals surface area contributed by atoms with Crippen LogP contribution in [0.5, 0.6) is 17.2 Å². The van der Waals surface area contributed by atoms with Crippen molar-refractivity contribution < 1.29 is 33.3 Å². The van der Waals surface area contributed by atoms with Gasteiger partial charge in [-0.2, -0.15) is 0 Å². The number of hydrogen-bond acceptors (Lipinski definition) is 8. The average Bonchev–Trinajstić information content (AvgIpc) is 3.73. The van der Waals surface area contributed by atoms with E-state index in [2.05, 4.69) is 10.6 Å². The van der Waals surface area contributed by atoms with Crippen molar-refractivity contribution in [2.75, 3.05) is 41.0 Å². The maximum atomic E-state index is 13.9. The molecular formula is C30H35N3O7S. The second-order valence-electron chi connectivity index (χ2n) is 9.39. The van der Waals surface area contributed by atoms with Gasteiger partial charge < -0.3 is 34.5 Å². The van der Waals surface area contributed by atoms with Gasteiger partial charge in [-0.1, -0.05) is 30.3 Å². The van der Waals surface area contributed by atoms with E-state index in [9.17, 15) is 14.4 Å². The third-order valence-electron chi connectivity index (χ3n) is 6.81. The molecule has 0 spiro atoms. The molecule has 4 rings (SSSR count). The highest BCUT2D eigenvalue weighted by molar-refractivity contribution is 7.12. The fourth-order valence-electron chi connectivity index (χ4n) is 4.71. The lowest BCUT2D eigenvalue weighted by atomic mass is 10.0. The van der Waals surface area contributed by atoms with Gasteiger partial charge in [0.15, 0.2) is 11.5 Å². The Labute approximate surface area is 243 Å². The van der Waals surface area contributed by atoms with E-state index >= 15 is 0 Å². The number of carbonyl (C=O) groups excluding carboxylic acids is 3. The SMILES string of the molecule is COc1ccccc1CN(C(=O)CNC(=O)c1cccs1)[C@H](C(=O)NC[C@@H]1CCCO1)c1ccc(OC)c(OC)c1. The smallest absolute Gasteiger partial charge is 0.261 e. The van der Waals surface area contributed by atoms with Crippen molar-refractivity contribution in [3.8, 4) is 17.2 Å².